The van der Waals surface area contributed by atoms with Crippen LogP contribution >= 0.6 is 23.2 Å². The van der Waals surface area contributed by atoms with Crippen LogP contribution in [0.2, 0.25) is 10.0 Å². The molecule has 2 aromatic carbocycles. The fraction of sp³-hybridized carbons (Fsp3) is 0.200. The predicted octanol–water partition coefficient (Wildman–Crippen LogP) is 4.32. The van der Waals surface area contributed by atoms with Crippen molar-refractivity contribution in [3.8, 4) is 0 Å². The largest absolute Gasteiger partial charge is 0.381 e. The molecule has 2 rings (SSSR count). The lowest BCUT2D eigenvalue weighted by Gasteiger charge is -2.14. The third kappa shape index (κ3) is 3.70. The zero-order chi connectivity index (χ0) is 15.6. The molecule has 0 fully saturated rings. The van der Waals surface area contributed by atoms with Crippen molar-refractivity contribution in [2.45, 2.75) is 18.4 Å². The van der Waals surface area contributed by atoms with Crippen LogP contribution in [0.5, 0.6) is 0 Å². The van der Waals surface area contributed by atoms with Crippen LogP contribution < -0.4 is 5.32 Å². The Bertz CT molecular complexity index is 773. The molecule has 112 valence electrons. The van der Waals surface area contributed by atoms with Gasteiger partial charge in [0.25, 0.3) is 0 Å². The molecule has 1 N–H and O–H groups in total. The van der Waals surface area contributed by atoms with Gasteiger partial charge in [0.15, 0.2) is 9.84 Å². The summed E-state index contributed by atoms with van der Waals surface area (Å²) in [4.78, 5) is 0.238. The third-order valence-corrected chi connectivity index (χ3v) is 5.14. The van der Waals surface area contributed by atoms with E-state index < -0.39 is 9.84 Å². The summed E-state index contributed by atoms with van der Waals surface area (Å²) < 4.78 is 23.7. The van der Waals surface area contributed by atoms with Gasteiger partial charge in [0.05, 0.1) is 4.90 Å². The molecule has 0 saturated heterocycles. The maximum Gasteiger partial charge on any atom is 0.175 e. The molecular weight excluding hydrogens is 329 g/mol. The summed E-state index contributed by atoms with van der Waals surface area (Å²) in [5.74, 6) is 0. The molecule has 2 aromatic rings. The van der Waals surface area contributed by atoms with Gasteiger partial charge in [-0.25, -0.2) is 8.42 Å². The molecule has 0 spiro atoms. The topological polar surface area (TPSA) is 46.2 Å². The highest BCUT2D eigenvalue weighted by atomic mass is 35.5. The minimum atomic E-state index is -3.33. The van der Waals surface area contributed by atoms with E-state index in [1.807, 2.05) is 19.1 Å². The lowest BCUT2D eigenvalue weighted by atomic mass is 10.1. The zero-order valence-corrected chi connectivity index (χ0v) is 14.0. The van der Waals surface area contributed by atoms with E-state index in [0.29, 0.717) is 22.2 Å². The number of hydrogen-bond acceptors (Lipinski definition) is 3. The van der Waals surface area contributed by atoms with Crippen LogP contribution in [0.25, 0.3) is 0 Å². The summed E-state index contributed by atoms with van der Waals surface area (Å²) in [5, 5.41) is 4.27. The van der Waals surface area contributed by atoms with Crippen molar-refractivity contribution in [2.75, 3.05) is 11.6 Å². The molecule has 0 saturated carbocycles. The maximum atomic E-state index is 11.8. The first-order valence-electron chi connectivity index (χ1n) is 6.27. The Morgan fingerprint density at radius 2 is 1.67 bits per heavy atom. The molecule has 6 heteroatoms. The molecule has 0 radical (unpaired) electrons. The minimum Gasteiger partial charge on any atom is -0.381 e. The molecule has 0 amide bonds. The van der Waals surface area contributed by atoms with Gasteiger partial charge in [-0.3, -0.25) is 0 Å². The van der Waals surface area contributed by atoms with Crippen molar-refractivity contribution in [1.29, 1.82) is 0 Å². The average Bonchev–Trinajstić information content (AvgIpc) is 2.40. The summed E-state index contributed by atoms with van der Waals surface area (Å²) in [6, 6.07) is 10.4. The van der Waals surface area contributed by atoms with Gasteiger partial charge in [-0.15, -0.1) is 0 Å². The second-order valence-electron chi connectivity index (χ2n) is 4.75. The van der Waals surface area contributed by atoms with E-state index in [9.17, 15) is 8.42 Å². The van der Waals surface area contributed by atoms with E-state index in [0.717, 1.165) is 11.3 Å². The monoisotopic (exact) mass is 343 g/mol. The first kappa shape index (κ1) is 16.1. The number of halogens is 2. The average molecular weight is 344 g/mol. The highest BCUT2D eigenvalue weighted by Crippen LogP contribution is 2.27. The molecule has 0 aromatic heterocycles. The molecule has 0 heterocycles. The fourth-order valence-electron chi connectivity index (χ4n) is 2.04. The summed E-state index contributed by atoms with van der Waals surface area (Å²) >= 11 is 12.2. The number of rotatable bonds is 4. The van der Waals surface area contributed by atoms with Crippen LogP contribution in [0.3, 0.4) is 0 Å². The standard InChI is InChI=1S/C15H15Cl2NO2S/c1-10-12(16)5-3-7-14(10)18-9-11-13(17)6-4-8-15(11)21(2,19)20/h3-8,18H,9H2,1-2H3. The lowest BCUT2D eigenvalue weighted by molar-refractivity contribution is 0.601. The molecule has 3 nitrogen and oxygen atoms in total. The lowest BCUT2D eigenvalue weighted by Crippen LogP contribution is -2.08. The highest BCUT2D eigenvalue weighted by molar-refractivity contribution is 7.90. The Labute approximate surface area is 134 Å². The van der Waals surface area contributed by atoms with Gasteiger partial charge in [0.2, 0.25) is 0 Å². The van der Waals surface area contributed by atoms with Crippen molar-refractivity contribution < 1.29 is 8.42 Å². The SMILES string of the molecule is Cc1c(Cl)cccc1NCc1c(Cl)cccc1S(C)(=O)=O. The van der Waals surface area contributed by atoms with Crippen molar-refractivity contribution in [1.82, 2.24) is 0 Å². The van der Waals surface area contributed by atoms with E-state index in [-0.39, 0.29) is 4.90 Å². The van der Waals surface area contributed by atoms with Crippen LogP contribution in [-0.2, 0) is 16.4 Å². The van der Waals surface area contributed by atoms with Gasteiger partial charge in [-0.1, -0.05) is 35.3 Å². The Kier molecular flexibility index (Phi) is 4.81. The number of hydrogen-bond donors (Lipinski definition) is 1. The molecule has 21 heavy (non-hydrogen) atoms. The van der Waals surface area contributed by atoms with Gasteiger partial charge in [-0.05, 0) is 36.8 Å². The maximum absolute atomic E-state index is 11.8. The second-order valence-corrected chi connectivity index (χ2v) is 7.55. The van der Waals surface area contributed by atoms with Gasteiger partial charge >= 0.3 is 0 Å². The normalized spacial score (nSPS) is 11.4. The van der Waals surface area contributed by atoms with Crippen molar-refractivity contribution in [3.63, 3.8) is 0 Å². The summed E-state index contributed by atoms with van der Waals surface area (Å²) in [6.45, 7) is 2.21. The quantitative estimate of drug-likeness (QED) is 0.899. The molecular formula is C15H15Cl2NO2S. The summed E-state index contributed by atoms with van der Waals surface area (Å²) in [5.41, 5.74) is 2.31. The number of nitrogens with one attached hydrogen (secondary N) is 1. The molecule has 0 atom stereocenters. The predicted molar refractivity (Wildman–Crippen MR) is 88.1 cm³/mol. The highest BCUT2D eigenvalue weighted by Gasteiger charge is 2.15. The van der Waals surface area contributed by atoms with Crippen LogP contribution in [0.4, 0.5) is 5.69 Å². The molecule has 0 aliphatic rings. The number of anilines is 1. The minimum absolute atomic E-state index is 0.238. The van der Waals surface area contributed by atoms with Crippen LogP contribution in [0.15, 0.2) is 41.3 Å². The van der Waals surface area contributed by atoms with Gasteiger partial charge in [0.1, 0.15) is 0 Å². The van der Waals surface area contributed by atoms with Crippen LogP contribution in [-0.4, -0.2) is 14.7 Å². The van der Waals surface area contributed by atoms with E-state index in [1.165, 1.54) is 6.26 Å². The Morgan fingerprint density at radius 1 is 1.05 bits per heavy atom. The van der Waals surface area contributed by atoms with E-state index >= 15 is 0 Å². The van der Waals surface area contributed by atoms with Gasteiger partial charge < -0.3 is 5.32 Å². The molecule has 0 aliphatic heterocycles. The first-order valence-corrected chi connectivity index (χ1v) is 8.92. The van der Waals surface area contributed by atoms with Crippen LogP contribution in [0, 0.1) is 6.92 Å². The zero-order valence-electron chi connectivity index (χ0n) is 11.7. The fourth-order valence-corrected chi connectivity index (χ4v) is 3.47. The van der Waals surface area contributed by atoms with Crippen molar-refractivity contribution in [2.24, 2.45) is 0 Å². The molecule has 0 unspecified atom stereocenters. The summed E-state index contributed by atoms with van der Waals surface area (Å²) in [6.07, 6.45) is 1.17. The van der Waals surface area contributed by atoms with E-state index in [4.69, 9.17) is 23.2 Å². The van der Waals surface area contributed by atoms with E-state index in [1.54, 1.807) is 24.3 Å². The van der Waals surface area contributed by atoms with Crippen molar-refractivity contribution in [3.05, 3.63) is 57.6 Å². The second kappa shape index (κ2) is 6.26. The molecule has 0 bridgehead atoms. The number of benzene rings is 2. The Morgan fingerprint density at radius 3 is 2.33 bits per heavy atom. The van der Waals surface area contributed by atoms with Gasteiger partial charge in [-0.2, -0.15) is 0 Å². The Balaban J connectivity index is 2.35. The molecule has 0 aliphatic carbocycles. The van der Waals surface area contributed by atoms with Crippen molar-refractivity contribution >= 4 is 38.7 Å². The van der Waals surface area contributed by atoms with Crippen LogP contribution in [0.1, 0.15) is 11.1 Å². The third-order valence-electron chi connectivity index (χ3n) is 3.20. The van der Waals surface area contributed by atoms with E-state index in [2.05, 4.69) is 5.32 Å². The first-order chi connectivity index (χ1) is 9.80. The summed E-state index contributed by atoms with van der Waals surface area (Å²) in [7, 11) is -3.33. The Hall–Kier alpha value is -1.23. The number of sulfone groups is 1. The smallest absolute Gasteiger partial charge is 0.175 e. The van der Waals surface area contributed by atoms with Gasteiger partial charge in [0, 0.05) is 34.1 Å².